The van der Waals surface area contributed by atoms with Gasteiger partial charge in [-0.1, -0.05) is 0 Å². The van der Waals surface area contributed by atoms with E-state index < -0.39 is 10.8 Å². The van der Waals surface area contributed by atoms with Gasteiger partial charge in [-0.05, 0) is 25.0 Å². The molecule has 0 aliphatic heterocycles. The minimum Gasteiger partial charge on any atom is -0.353 e. The van der Waals surface area contributed by atoms with Crippen molar-refractivity contribution in [3.63, 3.8) is 0 Å². The van der Waals surface area contributed by atoms with E-state index in [1.165, 1.54) is 11.1 Å². The molecular formula is C9H15NOS. The second-order valence-corrected chi connectivity index (χ2v) is 4.69. The number of aromatic nitrogens is 1. The van der Waals surface area contributed by atoms with Crippen LogP contribution in [0.1, 0.15) is 11.1 Å². The first-order chi connectivity index (χ1) is 5.59. The fourth-order valence-electron chi connectivity index (χ4n) is 1.10. The lowest BCUT2D eigenvalue weighted by atomic mass is 10.2. The van der Waals surface area contributed by atoms with Crippen molar-refractivity contribution in [2.75, 3.05) is 12.0 Å². The van der Waals surface area contributed by atoms with E-state index in [1.54, 1.807) is 6.26 Å². The van der Waals surface area contributed by atoms with Crippen LogP contribution in [0.15, 0.2) is 12.4 Å². The minimum atomic E-state index is -0.684. The highest BCUT2D eigenvalue weighted by Crippen LogP contribution is 2.06. The van der Waals surface area contributed by atoms with Crippen molar-refractivity contribution in [3.8, 4) is 0 Å². The van der Waals surface area contributed by atoms with Crippen LogP contribution in [0.2, 0.25) is 0 Å². The van der Waals surface area contributed by atoms with Gasteiger partial charge in [0.2, 0.25) is 0 Å². The lowest BCUT2D eigenvalue weighted by Gasteiger charge is -1.98. The number of rotatable bonds is 3. The van der Waals surface area contributed by atoms with Crippen molar-refractivity contribution >= 4 is 10.8 Å². The van der Waals surface area contributed by atoms with Crippen LogP contribution in [0.25, 0.3) is 0 Å². The summed E-state index contributed by atoms with van der Waals surface area (Å²) in [6, 6.07) is 0. The summed E-state index contributed by atoms with van der Waals surface area (Å²) in [6.45, 7) is 5.04. The summed E-state index contributed by atoms with van der Waals surface area (Å²) < 4.78 is 12.9. The zero-order valence-electron chi connectivity index (χ0n) is 7.83. The van der Waals surface area contributed by atoms with Crippen molar-refractivity contribution in [1.29, 1.82) is 0 Å². The first-order valence-electron chi connectivity index (χ1n) is 4.02. The second kappa shape index (κ2) is 3.90. The van der Waals surface area contributed by atoms with Crippen LogP contribution < -0.4 is 0 Å². The molecule has 1 atom stereocenters. The van der Waals surface area contributed by atoms with Crippen LogP contribution in [0.5, 0.6) is 0 Å². The molecule has 2 nitrogen and oxygen atoms in total. The van der Waals surface area contributed by atoms with Gasteiger partial charge in [-0.2, -0.15) is 0 Å². The maximum Gasteiger partial charge on any atom is 0.0411 e. The van der Waals surface area contributed by atoms with Gasteiger partial charge in [0.15, 0.2) is 0 Å². The standard InChI is InChI=1S/C9H15NOS/c1-8-6-10(7-9(8)2)4-5-12(3)11/h6-7H,4-5H2,1-3H3. The fourth-order valence-corrected chi connectivity index (χ4v) is 1.57. The minimum absolute atomic E-state index is 0.684. The molecule has 0 amide bonds. The van der Waals surface area contributed by atoms with Crippen molar-refractivity contribution in [3.05, 3.63) is 23.5 Å². The summed E-state index contributed by atoms with van der Waals surface area (Å²) in [5.41, 5.74) is 2.61. The van der Waals surface area contributed by atoms with Gasteiger partial charge in [0.1, 0.15) is 0 Å². The van der Waals surface area contributed by atoms with Crippen LogP contribution in [-0.2, 0) is 17.3 Å². The van der Waals surface area contributed by atoms with Crippen LogP contribution in [0.3, 0.4) is 0 Å². The molecule has 0 spiro atoms. The average Bonchev–Trinajstić information content (AvgIpc) is 2.28. The number of hydrogen-bond donors (Lipinski definition) is 0. The summed E-state index contributed by atoms with van der Waals surface area (Å²) in [7, 11) is -0.684. The molecular weight excluding hydrogens is 170 g/mol. The summed E-state index contributed by atoms with van der Waals surface area (Å²) >= 11 is 0. The molecule has 1 unspecified atom stereocenters. The Morgan fingerprint density at radius 1 is 1.33 bits per heavy atom. The predicted octanol–water partition coefficient (Wildman–Crippen LogP) is 1.48. The molecule has 12 heavy (non-hydrogen) atoms. The monoisotopic (exact) mass is 185 g/mol. The lowest BCUT2D eigenvalue weighted by molar-refractivity contribution is 0.677. The van der Waals surface area contributed by atoms with E-state index in [9.17, 15) is 4.21 Å². The van der Waals surface area contributed by atoms with Crippen LogP contribution in [0, 0.1) is 13.8 Å². The summed E-state index contributed by atoms with van der Waals surface area (Å²) in [4.78, 5) is 0. The number of nitrogens with zero attached hydrogens (tertiary/aromatic N) is 1. The Balaban J connectivity index is 2.58. The van der Waals surface area contributed by atoms with E-state index >= 15 is 0 Å². The second-order valence-electron chi connectivity index (χ2n) is 3.14. The van der Waals surface area contributed by atoms with Crippen molar-refractivity contribution in [2.24, 2.45) is 0 Å². The van der Waals surface area contributed by atoms with Crippen LogP contribution in [0.4, 0.5) is 0 Å². The van der Waals surface area contributed by atoms with Crippen molar-refractivity contribution in [2.45, 2.75) is 20.4 Å². The molecule has 0 saturated heterocycles. The van der Waals surface area contributed by atoms with Gasteiger partial charge in [-0.25, -0.2) is 0 Å². The van der Waals surface area contributed by atoms with Gasteiger partial charge in [-0.15, -0.1) is 0 Å². The van der Waals surface area contributed by atoms with E-state index in [4.69, 9.17) is 0 Å². The highest BCUT2D eigenvalue weighted by atomic mass is 32.2. The smallest absolute Gasteiger partial charge is 0.0411 e. The predicted molar refractivity (Wildman–Crippen MR) is 52.8 cm³/mol. The summed E-state index contributed by atoms with van der Waals surface area (Å²) in [5, 5.41) is 0. The van der Waals surface area contributed by atoms with Gasteiger partial charge >= 0.3 is 0 Å². The molecule has 0 aliphatic carbocycles. The first kappa shape index (κ1) is 9.52. The highest BCUT2D eigenvalue weighted by molar-refractivity contribution is 7.84. The van der Waals surface area contributed by atoms with Gasteiger partial charge < -0.3 is 4.57 Å². The number of aryl methyl sites for hydroxylation is 3. The Kier molecular flexibility index (Phi) is 3.09. The normalized spacial score (nSPS) is 13.2. The molecule has 0 radical (unpaired) electrons. The molecule has 1 rings (SSSR count). The Hall–Kier alpha value is -0.570. The summed E-state index contributed by atoms with van der Waals surface area (Å²) in [5.74, 6) is 0.744. The van der Waals surface area contributed by atoms with Gasteiger partial charge in [-0.3, -0.25) is 4.21 Å². The molecule has 0 N–H and O–H groups in total. The van der Waals surface area contributed by atoms with E-state index in [0.29, 0.717) is 0 Å². The Labute approximate surface area is 76.0 Å². The molecule has 1 aromatic rings. The largest absolute Gasteiger partial charge is 0.353 e. The molecule has 1 heterocycles. The third-order valence-electron chi connectivity index (χ3n) is 1.98. The fraction of sp³-hybridized carbons (Fsp3) is 0.556. The van der Waals surface area contributed by atoms with E-state index in [2.05, 4.69) is 30.8 Å². The SMILES string of the molecule is Cc1cn(CCS(C)=O)cc1C. The first-order valence-corrected chi connectivity index (χ1v) is 5.75. The van der Waals surface area contributed by atoms with E-state index in [-0.39, 0.29) is 0 Å². The Bertz CT molecular complexity index is 271. The molecule has 68 valence electrons. The molecule has 1 aromatic heterocycles. The van der Waals surface area contributed by atoms with Gasteiger partial charge in [0.05, 0.1) is 0 Å². The maximum atomic E-state index is 10.8. The van der Waals surface area contributed by atoms with Gasteiger partial charge in [0, 0.05) is 41.7 Å². The van der Waals surface area contributed by atoms with E-state index in [0.717, 1.165) is 12.3 Å². The molecule has 0 fully saturated rings. The topological polar surface area (TPSA) is 22.0 Å². The lowest BCUT2D eigenvalue weighted by Crippen LogP contribution is -2.03. The van der Waals surface area contributed by atoms with Gasteiger partial charge in [0.25, 0.3) is 0 Å². The Morgan fingerprint density at radius 3 is 2.25 bits per heavy atom. The Morgan fingerprint density at radius 2 is 1.83 bits per heavy atom. The molecule has 0 bridgehead atoms. The quantitative estimate of drug-likeness (QED) is 0.699. The molecule has 3 heteroatoms. The summed E-state index contributed by atoms with van der Waals surface area (Å²) in [6.07, 6.45) is 5.94. The maximum absolute atomic E-state index is 10.8. The van der Waals surface area contributed by atoms with Crippen LogP contribution in [-0.4, -0.2) is 20.8 Å². The third kappa shape index (κ3) is 2.48. The van der Waals surface area contributed by atoms with Crippen LogP contribution >= 0.6 is 0 Å². The zero-order valence-corrected chi connectivity index (χ0v) is 8.65. The third-order valence-corrected chi connectivity index (χ3v) is 2.74. The molecule has 0 saturated carbocycles. The zero-order chi connectivity index (χ0) is 9.14. The van der Waals surface area contributed by atoms with E-state index in [1.807, 2.05) is 0 Å². The molecule has 0 aliphatic rings. The average molecular weight is 185 g/mol. The highest BCUT2D eigenvalue weighted by Gasteiger charge is 1.98. The van der Waals surface area contributed by atoms with Crippen molar-refractivity contribution < 1.29 is 4.21 Å². The van der Waals surface area contributed by atoms with Crippen molar-refractivity contribution in [1.82, 2.24) is 4.57 Å². The molecule has 0 aromatic carbocycles. The number of hydrogen-bond acceptors (Lipinski definition) is 1.